The summed E-state index contributed by atoms with van der Waals surface area (Å²) >= 11 is 0. The molecule has 0 fully saturated rings. The molecule has 0 aromatic heterocycles. The maximum absolute atomic E-state index is 5.13. The van der Waals surface area contributed by atoms with E-state index < -0.39 is 0 Å². The van der Waals surface area contributed by atoms with E-state index in [0.29, 0.717) is 6.10 Å². The van der Waals surface area contributed by atoms with Crippen LogP contribution in [-0.4, -0.2) is 13.2 Å². The summed E-state index contributed by atoms with van der Waals surface area (Å²) in [4.78, 5) is 0. The van der Waals surface area contributed by atoms with E-state index in [0.717, 1.165) is 6.42 Å². The molecule has 0 spiro atoms. The van der Waals surface area contributed by atoms with Gasteiger partial charge in [-0.15, -0.1) is 12.4 Å². The first kappa shape index (κ1) is 9.73. The van der Waals surface area contributed by atoms with E-state index in [-0.39, 0.29) is 12.4 Å². The highest BCUT2D eigenvalue weighted by molar-refractivity contribution is 5.85. The molecule has 0 saturated heterocycles. The van der Waals surface area contributed by atoms with Gasteiger partial charge in [0, 0.05) is 7.11 Å². The molecule has 0 amide bonds. The first-order valence-corrected chi connectivity index (χ1v) is 3.20. The average Bonchev–Trinajstić information content (AvgIpc) is 1.88. The Kier molecular flexibility index (Phi) is 4.41. The van der Waals surface area contributed by atoms with Gasteiger partial charge in [-0.3, -0.25) is 0 Å². The fourth-order valence-electron chi connectivity index (χ4n) is 0.969. The van der Waals surface area contributed by atoms with Gasteiger partial charge < -0.3 is 4.74 Å². The molecule has 0 aliphatic heterocycles. The Hall–Kier alpha value is -0.270. The molecule has 1 rings (SSSR count). The van der Waals surface area contributed by atoms with Crippen molar-refractivity contribution in [2.75, 3.05) is 7.11 Å². The Morgan fingerprint density at radius 1 is 1.60 bits per heavy atom. The summed E-state index contributed by atoms with van der Waals surface area (Å²) < 4.78 is 5.13. The second-order valence-electron chi connectivity index (χ2n) is 2.32. The Balaban J connectivity index is 0.000000810. The van der Waals surface area contributed by atoms with Gasteiger partial charge in [-0.05, 0) is 13.3 Å². The lowest BCUT2D eigenvalue weighted by molar-refractivity contribution is 0.142. The van der Waals surface area contributed by atoms with Crippen molar-refractivity contribution in [3.05, 3.63) is 23.8 Å². The van der Waals surface area contributed by atoms with E-state index in [4.69, 9.17) is 4.74 Å². The molecule has 0 aromatic carbocycles. The topological polar surface area (TPSA) is 9.23 Å². The second kappa shape index (κ2) is 4.53. The molecule has 0 N–H and O–H groups in total. The molecular weight excluding hydrogens is 148 g/mol. The first-order valence-electron chi connectivity index (χ1n) is 3.20. The molecule has 0 bridgehead atoms. The van der Waals surface area contributed by atoms with Crippen LogP contribution in [0.3, 0.4) is 0 Å². The Labute approximate surface area is 68.2 Å². The van der Waals surface area contributed by atoms with E-state index in [2.05, 4.69) is 25.2 Å². The van der Waals surface area contributed by atoms with Crippen LogP contribution in [0.4, 0.5) is 0 Å². The summed E-state index contributed by atoms with van der Waals surface area (Å²) in [6, 6.07) is 0. The van der Waals surface area contributed by atoms with Crippen LogP contribution >= 0.6 is 12.4 Å². The highest BCUT2D eigenvalue weighted by Gasteiger charge is 2.03. The quantitative estimate of drug-likeness (QED) is 0.572. The molecule has 10 heavy (non-hydrogen) atoms. The van der Waals surface area contributed by atoms with Crippen LogP contribution in [0, 0.1) is 0 Å². The van der Waals surface area contributed by atoms with E-state index in [1.165, 1.54) is 5.57 Å². The molecule has 2 heteroatoms. The van der Waals surface area contributed by atoms with Crippen molar-refractivity contribution in [2.45, 2.75) is 19.4 Å². The van der Waals surface area contributed by atoms with Crippen molar-refractivity contribution >= 4 is 12.4 Å². The van der Waals surface area contributed by atoms with Gasteiger partial charge in [-0.1, -0.05) is 23.8 Å². The van der Waals surface area contributed by atoms with E-state index in [1.807, 2.05) is 0 Å². The first-order chi connectivity index (χ1) is 4.33. The Morgan fingerprint density at radius 2 is 2.30 bits per heavy atom. The molecule has 1 unspecified atom stereocenters. The van der Waals surface area contributed by atoms with Crippen molar-refractivity contribution in [1.82, 2.24) is 0 Å². The third-order valence-corrected chi connectivity index (χ3v) is 1.50. The van der Waals surface area contributed by atoms with Crippen LogP contribution in [0.5, 0.6) is 0 Å². The highest BCUT2D eigenvalue weighted by Crippen LogP contribution is 2.11. The number of halogens is 1. The van der Waals surface area contributed by atoms with Crippen molar-refractivity contribution in [1.29, 1.82) is 0 Å². The van der Waals surface area contributed by atoms with E-state index in [9.17, 15) is 0 Å². The van der Waals surface area contributed by atoms with E-state index >= 15 is 0 Å². The van der Waals surface area contributed by atoms with Crippen LogP contribution < -0.4 is 0 Å². The molecular formula is C8H13ClO. The van der Waals surface area contributed by atoms with Gasteiger partial charge in [0.1, 0.15) is 0 Å². The SMILES string of the molecule is COC1C=C(C)C=CC1.Cl. The average molecular weight is 161 g/mol. The lowest BCUT2D eigenvalue weighted by Gasteiger charge is -2.12. The fourth-order valence-corrected chi connectivity index (χ4v) is 0.969. The number of allylic oxidation sites excluding steroid dienone is 2. The molecule has 0 heterocycles. The van der Waals surface area contributed by atoms with Crippen molar-refractivity contribution < 1.29 is 4.74 Å². The van der Waals surface area contributed by atoms with Gasteiger partial charge >= 0.3 is 0 Å². The minimum Gasteiger partial charge on any atom is -0.377 e. The van der Waals surface area contributed by atoms with Crippen LogP contribution in [0.1, 0.15) is 13.3 Å². The molecule has 0 saturated carbocycles. The lowest BCUT2D eigenvalue weighted by atomic mass is 10.1. The Bertz CT molecular complexity index is 149. The normalized spacial score (nSPS) is 23.4. The van der Waals surface area contributed by atoms with Crippen LogP contribution in [0.25, 0.3) is 0 Å². The zero-order valence-corrected chi connectivity index (χ0v) is 7.15. The highest BCUT2D eigenvalue weighted by atomic mass is 35.5. The van der Waals surface area contributed by atoms with Gasteiger partial charge in [0.25, 0.3) is 0 Å². The predicted octanol–water partition coefficient (Wildman–Crippen LogP) is 2.33. The van der Waals surface area contributed by atoms with Crippen LogP contribution in [-0.2, 0) is 4.74 Å². The maximum Gasteiger partial charge on any atom is 0.0792 e. The summed E-state index contributed by atoms with van der Waals surface area (Å²) in [7, 11) is 1.74. The maximum atomic E-state index is 5.13. The zero-order chi connectivity index (χ0) is 6.69. The fraction of sp³-hybridized carbons (Fsp3) is 0.500. The molecule has 1 aliphatic carbocycles. The third kappa shape index (κ3) is 2.54. The summed E-state index contributed by atoms with van der Waals surface area (Å²) in [5.74, 6) is 0. The summed E-state index contributed by atoms with van der Waals surface area (Å²) in [6.45, 7) is 2.08. The largest absolute Gasteiger partial charge is 0.377 e. The minimum atomic E-state index is 0. The van der Waals surface area contributed by atoms with Crippen LogP contribution in [0.15, 0.2) is 23.8 Å². The second-order valence-corrected chi connectivity index (χ2v) is 2.32. The van der Waals surface area contributed by atoms with Crippen LogP contribution in [0.2, 0.25) is 0 Å². The van der Waals surface area contributed by atoms with Gasteiger partial charge in [0.15, 0.2) is 0 Å². The number of ether oxygens (including phenoxy) is 1. The van der Waals surface area contributed by atoms with Gasteiger partial charge in [-0.2, -0.15) is 0 Å². The molecule has 0 aromatic rings. The van der Waals surface area contributed by atoms with Crippen molar-refractivity contribution in [3.63, 3.8) is 0 Å². The molecule has 58 valence electrons. The Morgan fingerprint density at radius 3 is 2.70 bits per heavy atom. The minimum absolute atomic E-state index is 0. The summed E-state index contributed by atoms with van der Waals surface area (Å²) in [5, 5.41) is 0. The summed E-state index contributed by atoms with van der Waals surface area (Å²) in [6.07, 6.45) is 7.74. The van der Waals surface area contributed by atoms with Gasteiger partial charge in [0.05, 0.1) is 6.10 Å². The number of hydrogen-bond acceptors (Lipinski definition) is 1. The summed E-state index contributed by atoms with van der Waals surface area (Å²) in [5.41, 5.74) is 1.30. The van der Waals surface area contributed by atoms with Crippen molar-refractivity contribution in [2.24, 2.45) is 0 Å². The van der Waals surface area contributed by atoms with Crippen molar-refractivity contribution in [3.8, 4) is 0 Å². The number of rotatable bonds is 1. The van der Waals surface area contributed by atoms with Gasteiger partial charge in [-0.25, -0.2) is 0 Å². The standard InChI is InChI=1S/C8H12O.ClH/c1-7-4-3-5-8(6-7)9-2;/h3-4,6,8H,5H2,1-2H3;1H. The predicted molar refractivity (Wildman–Crippen MR) is 45.6 cm³/mol. The molecule has 0 radical (unpaired) electrons. The smallest absolute Gasteiger partial charge is 0.0792 e. The zero-order valence-electron chi connectivity index (χ0n) is 6.33. The monoisotopic (exact) mass is 160 g/mol. The van der Waals surface area contributed by atoms with E-state index in [1.54, 1.807) is 7.11 Å². The molecule has 1 aliphatic rings. The number of methoxy groups -OCH3 is 1. The third-order valence-electron chi connectivity index (χ3n) is 1.50. The van der Waals surface area contributed by atoms with Gasteiger partial charge in [0.2, 0.25) is 0 Å². The lowest BCUT2D eigenvalue weighted by Crippen LogP contribution is -2.07. The molecule has 1 atom stereocenters. The molecule has 1 nitrogen and oxygen atoms in total. The number of hydrogen-bond donors (Lipinski definition) is 0.